The monoisotopic (exact) mass is 293 g/mol. The number of rotatable bonds is 8. The second-order valence-corrected chi connectivity index (χ2v) is 7.28. The summed E-state index contributed by atoms with van der Waals surface area (Å²) in [4.78, 5) is 23.6. The van der Waals surface area contributed by atoms with Gasteiger partial charge >= 0.3 is 0 Å². The highest BCUT2D eigenvalue weighted by Gasteiger charge is 2.31. The van der Waals surface area contributed by atoms with Gasteiger partial charge in [0.25, 0.3) is 0 Å². The Morgan fingerprint density at radius 3 is 2.05 bits per heavy atom. The normalized spacial score (nSPS) is 15.5. The number of allylic oxidation sites excluding steroid dienone is 2. The third kappa shape index (κ3) is 7.35. The van der Waals surface area contributed by atoms with E-state index in [1.807, 2.05) is 34.6 Å². The molecule has 0 aliphatic rings. The molecule has 2 atom stereocenters. The van der Waals surface area contributed by atoms with E-state index in [9.17, 15) is 9.59 Å². The number of hydrogen-bond donors (Lipinski definition) is 1. The Bertz CT molecular complexity index is 427. The van der Waals surface area contributed by atoms with Crippen molar-refractivity contribution in [3.8, 4) is 0 Å². The second kappa shape index (κ2) is 8.26. The lowest BCUT2D eigenvalue weighted by Crippen LogP contribution is -2.33. The van der Waals surface area contributed by atoms with E-state index in [-0.39, 0.29) is 28.8 Å². The van der Waals surface area contributed by atoms with E-state index < -0.39 is 0 Å². The maximum atomic E-state index is 12.4. The van der Waals surface area contributed by atoms with E-state index in [1.54, 1.807) is 19.9 Å². The van der Waals surface area contributed by atoms with Crippen LogP contribution in [-0.4, -0.2) is 17.3 Å². The van der Waals surface area contributed by atoms with Gasteiger partial charge in [-0.25, -0.2) is 0 Å². The standard InChI is InChI=1S/C18H31NO2/c1-12(9-8-10-13(2)15(4)20)11-16(21)17(14(3)19)18(5,6)7/h11,13,17,19H,8-10H2,1-7H3. The van der Waals surface area contributed by atoms with Gasteiger partial charge in [0.1, 0.15) is 5.78 Å². The van der Waals surface area contributed by atoms with E-state index in [1.165, 1.54) is 0 Å². The van der Waals surface area contributed by atoms with Crippen LogP contribution in [0.15, 0.2) is 11.6 Å². The van der Waals surface area contributed by atoms with Crippen molar-refractivity contribution in [2.75, 3.05) is 0 Å². The molecule has 0 aliphatic heterocycles. The summed E-state index contributed by atoms with van der Waals surface area (Å²) in [6.45, 7) is 13.2. The first kappa shape index (κ1) is 19.8. The quantitative estimate of drug-likeness (QED) is 0.525. The maximum absolute atomic E-state index is 12.4. The first-order valence-corrected chi connectivity index (χ1v) is 7.73. The number of ketones is 2. The summed E-state index contributed by atoms with van der Waals surface area (Å²) in [5.41, 5.74) is 1.22. The van der Waals surface area contributed by atoms with Crippen molar-refractivity contribution in [2.24, 2.45) is 17.3 Å². The van der Waals surface area contributed by atoms with Crippen LogP contribution in [0.1, 0.15) is 67.7 Å². The van der Waals surface area contributed by atoms with Crippen molar-refractivity contribution in [3.05, 3.63) is 11.6 Å². The van der Waals surface area contributed by atoms with Gasteiger partial charge in [-0.3, -0.25) is 9.59 Å². The third-order valence-corrected chi connectivity index (χ3v) is 3.87. The summed E-state index contributed by atoms with van der Waals surface area (Å²) in [6.07, 6.45) is 4.30. The Morgan fingerprint density at radius 1 is 1.14 bits per heavy atom. The Kier molecular flexibility index (Phi) is 7.76. The largest absolute Gasteiger partial charge is 0.309 e. The molecule has 21 heavy (non-hydrogen) atoms. The average molecular weight is 293 g/mol. The van der Waals surface area contributed by atoms with Crippen LogP contribution in [0.4, 0.5) is 0 Å². The lowest BCUT2D eigenvalue weighted by molar-refractivity contribution is -0.120. The first-order chi connectivity index (χ1) is 9.46. The number of hydrogen-bond acceptors (Lipinski definition) is 3. The molecule has 1 N–H and O–H groups in total. The smallest absolute Gasteiger partial charge is 0.164 e. The summed E-state index contributed by atoms with van der Waals surface area (Å²) in [7, 11) is 0. The van der Waals surface area contributed by atoms with Crippen LogP contribution in [0, 0.1) is 22.7 Å². The molecular weight excluding hydrogens is 262 g/mol. The summed E-state index contributed by atoms with van der Waals surface area (Å²) < 4.78 is 0. The predicted molar refractivity (Wildman–Crippen MR) is 88.8 cm³/mol. The minimum absolute atomic E-state index is 0.0205. The molecule has 120 valence electrons. The lowest BCUT2D eigenvalue weighted by Gasteiger charge is -2.28. The van der Waals surface area contributed by atoms with Crippen molar-refractivity contribution < 1.29 is 9.59 Å². The fourth-order valence-electron chi connectivity index (χ4n) is 2.58. The number of carbonyl (C=O) groups is 2. The summed E-state index contributed by atoms with van der Waals surface area (Å²) in [5.74, 6) is -0.0182. The third-order valence-electron chi connectivity index (χ3n) is 3.87. The van der Waals surface area contributed by atoms with Gasteiger partial charge < -0.3 is 5.41 Å². The highest BCUT2D eigenvalue weighted by atomic mass is 16.1. The Labute approximate surface area is 129 Å². The fourth-order valence-corrected chi connectivity index (χ4v) is 2.58. The van der Waals surface area contributed by atoms with Crippen molar-refractivity contribution in [2.45, 2.75) is 67.7 Å². The van der Waals surface area contributed by atoms with E-state index in [0.29, 0.717) is 5.71 Å². The molecule has 0 saturated heterocycles. The first-order valence-electron chi connectivity index (χ1n) is 7.73. The molecule has 0 heterocycles. The molecule has 0 rings (SSSR count). The molecule has 0 saturated carbocycles. The molecule has 0 bridgehead atoms. The van der Waals surface area contributed by atoms with E-state index in [4.69, 9.17) is 5.41 Å². The van der Waals surface area contributed by atoms with Gasteiger partial charge in [-0.1, -0.05) is 33.3 Å². The van der Waals surface area contributed by atoms with E-state index in [0.717, 1.165) is 24.8 Å². The molecular formula is C18H31NO2. The Hall–Kier alpha value is -1.25. The van der Waals surface area contributed by atoms with Crippen LogP contribution in [0.5, 0.6) is 0 Å². The van der Waals surface area contributed by atoms with Gasteiger partial charge in [0.05, 0.1) is 5.92 Å². The van der Waals surface area contributed by atoms with Gasteiger partial charge in [0.15, 0.2) is 5.78 Å². The second-order valence-electron chi connectivity index (χ2n) is 7.28. The molecule has 0 radical (unpaired) electrons. The van der Waals surface area contributed by atoms with Crippen LogP contribution in [0.2, 0.25) is 0 Å². The zero-order valence-electron chi connectivity index (χ0n) is 14.7. The minimum Gasteiger partial charge on any atom is -0.309 e. The molecule has 0 amide bonds. The SMILES string of the molecule is CC(=N)C(C(=O)C=C(C)CCCC(C)C(C)=O)C(C)(C)C. The lowest BCUT2D eigenvalue weighted by atomic mass is 9.75. The highest BCUT2D eigenvalue weighted by molar-refractivity contribution is 6.08. The van der Waals surface area contributed by atoms with Crippen LogP contribution in [-0.2, 0) is 9.59 Å². The van der Waals surface area contributed by atoms with Gasteiger partial charge in [-0.05, 0) is 51.5 Å². The molecule has 0 aromatic carbocycles. The molecule has 0 aliphatic carbocycles. The Morgan fingerprint density at radius 2 is 1.67 bits per heavy atom. The summed E-state index contributed by atoms with van der Waals surface area (Å²) in [6, 6.07) is 0. The molecule has 3 heteroatoms. The zero-order chi connectivity index (χ0) is 16.8. The van der Waals surface area contributed by atoms with Gasteiger partial charge in [0.2, 0.25) is 0 Å². The van der Waals surface area contributed by atoms with Crippen molar-refractivity contribution >= 4 is 17.3 Å². The average Bonchev–Trinajstić information content (AvgIpc) is 2.25. The highest BCUT2D eigenvalue weighted by Crippen LogP contribution is 2.28. The molecule has 0 spiro atoms. The van der Waals surface area contributed by atoms with Gasteiger partial charge in [-0.15, -0.1) is 0 Å². The number of carbonyl (C=O) groups excluding carboxylic acids is 2. The Balaban J connectivity index is 4.64. The summed E-state index contributed by atoms with van der Waals surface area (Å²) >= 11 is 0. The predicted octanol–water partition coefficient (Wildman–Crippen LogP) is 4.60. The molecule has 0 aromatic heterocycles. The fraction of sp³-hybridized carbons (Fsp3) is 0.722. The minimum atomic E-state index is -0.358. The van der Waals surface area contributed by atoms with Crippen molar-refractivity contribution in [1.82, 2.24) is 0 Å². The summed E-state index contributed by atoms with van der Waals surface area (Å²) in [5, 5.41) is 7.84. The van der Waals surface area contributed by atoms with Gasteiger partial charge in [-0.2, -0.15) is 0 Å². The van der Waals surface area contributed by atoms with E-state index in [2.05, 4.69) is 0 Å². The van der Waals surface area contributed by atoms with Crippen molar-refractivity contribution in [1.29, 1.82) is 5.41 Å². The number of Topliss-reactive ketones (excluding diaryl/α,β-unsaturated/α-hetero) is 1. The zero-order valence-corrected chi connectivity index (χ0v) is 14.7. The topological polar surface area (TPSA) is 58.0 Å². The molecule has 0 aromatic rings. The van der Waals surface area contributed by atoms with E-state index >= 15 is 0 Å². The van der Waals surface area contributed by atoms with Crippen LogP contribution in [0.25, 0.3) is 0 Å². The number of nitrogens with one attached hydrogen (secondary N) is 1. The van der Waals surface area contributed by atoms with Crippen LogP contribution < -0.4 is 0 Å². The van der Waals surface area contributed by atoms with Crippen molar-refractivity contribution in [3.63, 3.8) is 0 Å². The van der Waals surface area contributed by atoms with Crippen LogP contribution in [0.3, 0.4) is 0 Å². The maximum Gasteiger partial charge on any atom is 0.164 e. The van der Waals surface area contributed by atoms with Gasteiger partial charge in [0, 0.05) is 11.6 Å². The molecule has 3 nitrogen and oxygen atoms in total. The molecule has 0 fully saturated rings. The van der Waals surface area contributed by atoms with Crippen LogP contribution >= 0.6 is 0 Å². The molecule has 2 unspecified atom stereocenters.